The number of ether oxygens (including phenoxy) is 1. The number of aliphatic hydroxyl groups excluding tert-OH is 1. The fourth-order valence-electron chi connectivity index (χ4n) is 2.10. The smallest absolute Gasteiger partial charge is 0.222 e. The second-order valence-electron chi connectivity index (χ2n) is 4.74. The van der Waals surface area contributed by atoms with Crippen LogP contribution >= 0.6 is 11.6 Å². The van der Waals surface area contributed by atoms with Crippen molar-refractivity contribution >= 4 is 17.5 Å². The molecule has 0 saturated carbocycles. The normalized spacial score (nSPS) is 20.4. The first-order valence-corrected chi connectivity index (χ1v) is 7.06. The quantitative estimate of drug-likeness (QED) is 0.754. The van der Waals surface area contributed by atoms with Crippen LogP contribution in [0, 0.1) is 0 Å². The van der Waals surface area contributed by atoms with Gasteiger partial charge < -0.3 is 20.5 Å². The Kier molecular flexibility index (Phi) is 5.79. The summed E-state index contributed by atoms with van der Waals surface area (Å²) in [4.78, 5) is 11.8. The van der Waals surface area contributed by atoms with E-state index in [1.807, 2.05) is 0 Å². The van der Waals surface area contributed by atoms with Crippen LogP contribution in [0.15, 0.2) is 24.3 Å². The Balaban J connectivity index is 1.76. The van der Waals surface area contributed by atoms with Crippen LogP contribution in [0.25, 0.3) is 0 Å². The maximum atomic E-state index is 11.8. The summed E-state index contributed by atoms with van der Waals surface area (Å²) in [5.74, 6) is -0.134. The predicted octanol–water partition coefficient (Wildman–Crippen LogP) is 0.868. The maximum Gasteiger partial charge on any atom is 0.222 e. The summed E-state index contributed by atoms with van der Waals surface area (Å²) in [7, 11) is 0. The van der Waals surface area contributed by atoms with Crippen LogP contribution in [0.1, 0.15) is 18.1 Å². The van der Waals surface area contributed by atoms with Crippen molar-refractivity contribution in [1.82, 2.24) is 10.6 Å². The van der Waals surface area contributed by atoms with Gasteiger partial charge in [0, 0.05) is 30.2 Å². The van der Waals surface area contributed by atoms with Crippen molar-refractivity contribution in [2.45, 2.75) is 18.6 Å². The molecular formula is C14H19ClN2O3. The highest BCUT2D eigenvalue weighted by Gasteiger charge is 2.18. The second kappa shape index (κ2) is 7.59. The van der Waals surface area contributed by atoms with E-state index in [-0.39, 0.29) is 18.6 Å². The monoisotopic (exact) mass is 298 g/mol. The highest BCUT2D eigenvalue weighted by Crippen LogP contribution is 2.21. The van der Waals surface area contributed by atoms with Crippen molar-refractivity contribution < 1.29 is 14.6 Å². The third-order valence-electron chi connectivity index (χ3n) is 3.17. The van der Waals surface area contributed by atoms with E-state index in [1.54, 1.807) is 24.3 Å². The first kappa shape index (κ1) is 15.3. The van der Waals surface area contributed by atoms with Gasteiger partial charge in [0.1, 0.15) is 0 Å². The fourth-order valence-corrected chi connectivity index (χ4v) is 2.36. The summed E-state index contributed by atoms with van der Waals surface area (Å²) in [5.41, 5.74) is 0.616. The van der Waals surface area contributed by atoms with E-state index in [0.717, 1.165) is 6.54 Å². The van der Waals surface area contributed by atoms with Crippen molar-refractivity contribution in [3.63, 3.8) is 0 Å². The minimum absolute atomic E-state index is 0.0961. The minimum Gasteiger partial charge on any atom is -0.387 e. The molecule has 0 aromatic heterocycles. The number of carbonyl (C=O) groups excluding carboxylic acids is 1. The molecule has 20 heavy (non-hydrogen) atoms. The van der Waals surface area contributed by atoms with Crippen molar-refractivity contribution in [3.8, 4) is 0 Å². The highest BCUT2D eigenvalue weighted by molar-refractivity contribution is 6.31. The Hall–Kier alpha value is -1.14. The molecular weight excluding hydrogens is 280 g/mol. The van der Waals surface area contributed by atoms with Crippen molar-refractivity contribution in [2.24, 2.45) is 0 Å². The van der Waals surface area contributed by atoms with Gasteiger partial charge in [0.15, 0.2) is 0 Å². The molecule has 1 heterocycles. The van der Waals surface area contributed by atoms with Gasteiger partial charge in [0.05, 0.1) is 25.2 Å². The number of morpholine rings is 1. The standard InChI is InChI=1S/C14H19ClN2O3/c15-12-4-2-1-3-11(12)13(18)9-17-14(19)7-10-8-16-5-6-20-10/h1-4,10,13,16,18H,5-9H2,(H,17,19). The molecule has 0 bridgehead atoms. The van der Waals surface area contributed by atoms with E-state index in [4.69, 9.17) is 16.3 Å². The molecule has 5 nitrogen and oxygen atoms in total. The van der Waals surface area contributed by atoms with Crippen LogP contribution in [0.3, 0.4) is 0 Å². The first-order chi connectivity index (χ1) is 9.66. The molecule has 2 rings (SSSR count). The lowest BCUT2D eigenvalue weighted by Gasteiger charge is -2.23. The zero-order valence-electron chi connectivity index (χ0n) is 11.1. The number of carbonyl (C=O) groups is 1. The van der Waals surface area contributed by atoms with E-state index in [9.17, 15) is 9.90 Å². The third-order valence-corrected chi connectivity index (χ3v) is 3.52. The highest BCUT2D eigenvalue weighted by atomic mass is 35.5. The maximum absolute atomic E-state index is 11.8. The average Bonchev–Trinajstić information content (AvgIpc) is 2.46. The first-order valence-electron chi connectivity index (χ1n) is 6.68. The molecule has 1 fully saturated rings. The van der Waals surface area contributed by atoms with Gasteiger partial charge in [-0.25, -0.2) is 0 Å². The SMILES string of the molecule is O=C(CC1CNCCO1)NCC(O)c1ccccc1Cl. The van der Waals surface area contributed by atoms with Crippen LogP contribution in [0.2, 0.25) is 5.02 Å². The van der Waals surface area contributed by atoms with Crippen molar-refractivity contribution in [2.75, 3.05) is 26.2 Å². The fraction of sp³-hybridized carbons (Fsp3) is 0.500. The van der Waals surface area contributed by atoms with E-state index in [0.29, 0.717) is 30.2 Å². The number of hydrogen-bond donors (Lipinski definition) is 3. The van der Waals surface area contributed by atoms with Gasteiger partial charge >= 0.3 is 0 Å². The summed E-state index contributed by atoms with van der Waals surface area (Å²) in [5, 5.41) is 16.4. The van der Waals surface area contributed by atoms with Crippen LogP contribution < -0.4 is 10.6 Å². The molecule has 0 radical (unpaired) electrons. The van der Waals surface area contributed by atoms with Gasteiger partial charge in [-0.15, -0.1) is 0 Å². The van der Waals surface area contributed by atoms with Crippen LogP contribution in [0.5, 0.6) is 0 Å². The van der Waals surface area contributed by atoms with Gasteiger partial charge in [-0.05, 0) is 6.07 Å². The van der Waals surface area contributed by atoms with Crippen molar-refractivity contribution in [3.05, 3.63) is 34.9 Å². The van der Waals surface area contributed by atoms with Gasteiger partial charge in [-0.1, -0.05) is 29.8 Å². The molecule has 3 N–H and O–H groups in total. The lowest BCUT2D eigenvalue weighted by atomic mass is 10.1. The Labute approximate surface area is 123 Å². The molecule has 1 amide bonds. The number of benzene rings is 1. The Morgan fingerprint density at radius 1 is 1.55 bits per heavy atom. The van der Waals surface area contributed by atoms with E-state index in [1.165, 1.54) is 0 Å². The van der Waals surface area contributed by atoms with E-state index < -0.39 is 6.10 Å². The Bertz CT molecular complexity index is 450. The van der Waals surface area contributed by atoms with Crippen molar-refractivity contribution in [1.29, 1.82) is 0 Å². The van der Waals surface area contributed by atoms with Gasteiger partial charge in [0.25, 0.3) is 0 Å². The number of aliphatic hydroxyl groups is 1. The number of hydrogen-bond acceptors (Lipinski definition) is 4. The summed E-state index contributed by atoms with van der Waals surface area (Å²) in [6.07, 6.45) is -0.610. The molecule has 2 unspecified atom stereocenters. The third kappa shape index (κ3) is 4.45. The number of amides is 1. The van der Waals surface area contributed by atoms with Gasteiger partial charge in [0.2, 0.25) is 5.91 Å². The van der Waals surface area contributed by atoms with Crippen LogP contribution in [-0.4, -0.2) is 43.4 Å². The van der Waals surface area contributed by atoms with Crippen LogP contribution in [0.4, 0.5) is 0 Å². The number of rotatable bonds is 5. The van der Waals surface area contributed by atoms with E-state index >= 15 is 0 Å². The Morgan fingerprint density at radius 2 is 2.35 bits per heavy atom. The summed E-state index contributed by atoms with van der Waals surface area (Å²) >= 11 is 5.99. The van der Waals surface area contributed by atoms with Gasteiger partial charge in [-0.2, -0.15) is 0 Å². The zero-order valence-corrected chi connectivity index (χ0v) is 11.9. The molecule has 1 aliphatic heterocycles. The predicted molar refractivity (Wildman–Crippen MR) is 76.6 cm³/mol. The minimum atomic E-state index is -0.807. The van der Waals surface area contributed by atoms with Crippen LogP contribution in [-0.2, 0) is 9.53 Å². The summed E-state index contributed by atoms with van der Waals surface area (Å²) in [6, 6.07) is 7.05. The summed E-state index contributed by atoms with van der Waals surface area (Å²) < 4.78 is 5.45. The number of halogens is 1. The molecule has 1 aromatic rings. The summed E-state index contributed by atoms with van der Waals surface area (Å²) in [6.45, 7) is 2.27. The topological polar surface area (TPSA) is 70.6 Å². The average molecular weight is 299 g/mol. The molecule has 2 atom stereocenters. The molecule has 1 saturated heterocycles. The Morgan fingerprint density at radius 3 is 3.05 bits per heavy atom. The molecule has 0 spiro atoms. The zero-order chi connectivity index (χ0) is 14.4. The molecule has 0 aliphatic carbocycles. The lowest BCUT2D eigenvalue weighted by molar-refractivity contribution is -0.124. The largest absolute Gasteiger partial charge is 0.387 e. The lowest BCUT2D eigenvalue weighted by Crippen LogP contribution is -2.41. The van der Waals surface area contributed by atoms with Gasteiger partial charge in [-0.3, -0.25) is 4.79 Å². The molecule has 1 aromatic carbocycles. The molecule has 1 aliphatic rings. The molecule has 6 heteroatoms. The molecule has 110 valence electrons. The second-order valence-corrected chi connectivity index (χ2v) is 5.15. The number of nitrogens with one attached hydrogen (secondary N) is 2. The van der Waals surface area contributed by atoms with E-state index in [2.05, 4.69) is 10.6 Å².